The predicted octanol–water partition coefficient (Wildman–Crippen LogP) is 2.13. The number of nitrogens with zero attached hydrogens (tertiary/aromatic N) is 3. The van der Waals surface area contributed by atoms with Crippen molar-refractivity contribution in [2.24, 2.45) is 0 Å². The van der Waals surface area contributed by atoms with E-state index in [0.29, 0.717) is 13.2 Å². The first-order valence-corrected chi connectivity index (χ1v) is 7.41. The average molecular weight is 281 g/mol. The number of unbranched alkanes of at least 4 members (excludes halogenated alkanes) is 2. The highest BCUT2D eigenvalue weighted by molar-refractivity contribution is 5.01. The van der Waals surface area contributed by atoms with Gasteiger partial charge in [0, 0.05) is 37.7 Å². The first-order valence-electron chi connectivity index (χ1n) is 7.41. The Morgan fingerprint density at radius 2 is 1.75 bits per heavy atom. The van der Waals surface area contributed by atoms with Gasteiger partial charge in [-0.3, -0.25) is 0 Å². The standard InChI is InChI=1S/C15H27N3O2/c1-3-19-9-10-20-8-6-4-5-7-18(2)13-15-11-16-14-17-12-15/h11-12,14H,3-10,13H2,1-2H3. The zero-order valence-corrected chi connectivity index (χ0v) is 12.8. The smallest absolute Gasteiger partial charge is 0.115 e. The van der Waals surface area contributed by atoms with Gasteiger partial charge >= 0.3 is 0 Å². The second kappa shape index (κ2) is 11.8. The van der Waals surface area contributed by atoms with Crippen molar-refractivity contribution in [1.82, 2.24) is 14.9 Å². The van der Waals surface area contributed by atoms with Crippen LogP contribution in [-0.4, -0.2) is 54.9 Å². The predicted molar refractivity (Wildman–Crippen MR) is 79.5 cm³/mol. The van der Waals surface area contributed by atoms with Crippen molar-refractivity contribution >= 4 is 0 Å². The minimum atomic E-state index is 0.707. The Hall–Kier alpha value is -1.04. The molecule has 0 fully saturated rings. The molecule has 1 aromatic heterocycles. The average Bonchev–Trinajstić information content (AvgIpc) is 2.46. The summed E-state index contributed by atoms with van der Waals surface area (Å²) in [7, 11) is 2.13. The van der Waals surface area contributed by atoms with E-state index in [9.17, 15) is 0 Å². The van der Waals surface area contributed by atoms with Crippen LogP contribution in [0.1, 0.15) is 31.7 Å². The molecule has 1 aromatic rings. The third-order valence-electron chi connectivity index (χ3n) is 2.97. The maximum absolute atomic E-state index is 5.48. The van der Waals surface area contributed by atoms with Crippen LogP contribution in [0.15, 0.2) is 18.7 Å². The summed E-state index contributed by atoms with van der Waals surface area (Å²) in [5.41, 5.74) is 1.16. The molecule has 0 radical (unpaired) electrons. The summed E-state index contributed by atoms with van der Waals surface area (Å²) in [4.78, 5) is 10.3. The third kappa shape index (κ3) is 8.96. The summed E-state index contributed by atoms with van der Waals surface area (Å²) in [6.45, 7) is 7.02. The Labute approximate surface area is 122 Å². The molecule has 114 valence electrons. The van der Waals surface area contributed by atoms with Gasteiger partial charge in [0.15, 0.2) is 0 Å². The summed E-state index contributed by atoms with van der Waals surface area (Å²) < 4.78 is 10.7. The fourth-order valence-electron chi connectivity index (χ4n) is 1.93. The van der Waals surface area contributed by atoms with Crippen LogP contribution in [0.4, 0.5) is 0 Å². The summed E-state index contributed by atoms with van der Waals surface area (Å²) in [5, 5.41) is 0. The molecule has 0 saturated heterocycles. The molecular formula is C15H27N3O2. The Morgan fingerprint density at radius 1 is 1.00 bits per heavy atom. The van der Waals surface area contributed by atoms with Gasteiger partial charge in [0.1, 0.15) is 6.33 Å². The van der Waals surface area contributed by atoms with Gasteiger partial charge in [-0.05, 0) is 39.8 Å². The summed E-state index contributed by atoms with van der Waals surface area (Å²) in [6, 6.07) is 0. The molecule has 20 heavy (non-hydrogen) atoms. The zero-order chi connectivity index (χ0) is 14.5. The summed E-state index contributed by atoms with van der Waals surface area (Å²) >= 11 is 0. The molecule has 5 nitrogen and oxygen atoms in total. The number of hydrogen-bond donors (Lipinski definition) is 0. The SMILES string of the molecule is CCOCCOCCCCCN(C)Cc1cncnc1. The Kier molecular flexibility index (Phi) is 10.0. The van der Waals surface area contributed by atoms with E-state index < -0.39 is 0 Å². The maximum atomic E-state index is 5.48. The lowest BCUT2D eigenvalue weighted by atomic mass is 10.2. The molecule has 0 aliphatic heterocycles. The van der Waals surface area contributed by atoms with Gasteiger partial charge in [-0.15, -0.1) is 0 Å². The van der Waals surface area contributed by atoms with Crippen LogP contribution in [0.25, 0.3) is 0 Å². The first-order chi connectivity index (χ1) is 9.83. The molecule has 0 amide bonds. The van der Waals surface area contributed by atoms with Gasteiger partial charge in [0.05, 0.1) is 13.2 Å². The molecule has 0 N–H and O–H groups in total. The highest BCUT2D eigenvalue weighted by Crippen LogP contribution is 2.02. The van der Waals surface area contributed by atoms with E-state index in [2.05, 4.69) is 21.9 Å². The van der Waals surface area contributed by atoms with Crippen LogP contribution in [0.2, 0.25) is 0 Å². The molecule has 0 atom stereocenters. The molecule has 0 aliphatic carbocycles. The van der Waals surface area contributed by atoms with Crippen LogP contribution in [0.3, 0.4) is 0 Å². The summed E-state index contributed by atoms with van der Waals surface area (Å²) in [5.74, 6) is 0. The molecular weight excluding hydrogens is 254 g/mol. The number of hydrogen-bond acceptors (Lipinski definition) is 5. The lowest BCUT2D eigenvalue weighted by molar-refractivity contribution is 0.0511. The minimum absolute atomic E-state index is 0.707. The lowest BCUT2D eigenvalue weighted by Gasteiger charge is -2.15. The Morgan fingerprint density at radius 3 is 2.50 bits per heavy atom. The van der Waals surface area contributed by atoms with Crippen molar-refractivity contribution in [2.75, 3.05) is 40.0 Å². The van der Waals surface area contributed by atoms with Crippen LogP contribution in [0.5, 0.6) is 0 Å². The van der Waals surface area contributed by atoms with Gasteiger partial charge in [-0.25, -0.2) is 9.97 Å². The van der Waals surface area contributed by atoms with E-state index in [4.69, 9.17) is 9.47 Å². The molecule has 0 unspecified atom stereocenters. The van der Waals surface area contributed by atoms with Gasteiger partial charge < -0.3 is 14.4 Å². The fourth-order valence-corrected chi connectivity index (χ4v) is 1.93. The first kappa shape index (κ1) is 17.0. The zero-order valence-electron chi connectivity index (χ0n) is 12.8. The van der Waals surface area contributed by atoms with Crippen molar-refractivity contribution in [3.63, 3.8) is 0 Å². The van der Waals surface area contributed by atoms with E-state index in [1.54, 1.807) is 6.33 Å². The van der Waals surface area contributed by atoms with Crippen LogP contribution in [0, 0.1) is 0 Å². The van der Waals surface area contributed by atoms with Gasteiger partial charge in [-0.2, -0.15) is 0 Å². The lowest BCUT2D eigenvalue weighted by Crippen LogP contribution is -2.19. The molecule has 1 heterocycles. The number of aromatic nitrogens is 2. The van der Waals surface area contributed by atoms with E-state index in [1.807, 2.05) is 19.3 Å². The molecule has 0 spiro atoms. The highest BCUT2D eigenvalue weighted by atomic mass is 16.5. The van der Waals surface area contributed by atoms with Gasteiger partial charge in [0.25, 0.3) is 0 Å². The van der Waals surface area contributed by atoms with E-state index in [0.717, 1.165) is 38.3 Å². The number of ether oxygens (including phenoxy) is 2. The second-order valence-electron chi connectivity index (χ2n) is 4.85. The van der Waals surface area contributed by atoms with Crippen LogP contribution < -0.4 is 0 Å². The van der Waals surface area contributed by atoms with Crippen molar-refractivity contribution in [1.29, 1.82) is 0 Å². The second-order valence-corrected chi connectivity index (χ2v) is 4.85. The quantitative estimate of drug-likeness (QED) is 0.549. The summed E-state index contributed by atoms with van der Waals surface area (Å²) in [6.07, 6.45) is 8.82. The molecule has 0 saturated carbocycles. The van der Waals surface area contributed by atoms with E-state index >= 15 is 0 Å². The molecule has 1 rings (SSSR count). The molecule has 0 aliphatic rings. The van der Waals surface area contributed by atoms with Crippen LogP contribution >= 0.6 is 0 Å². The van der Waals surface area contributed by atoms with Crippen LogP contribution in [-0.2, 0) is 16.0 Å². The maximum Gasteiger partial charge on any atom is 0.115 e. The molecule has 0 aromatic carbocycles. The van der Waals surface area contributed by atoms with Gasteiger partial charge in [-0.1, -0.05) is 0 Å². The topological polar surface area (TPSA) is 47.5 Å². The Bertz CT molecular complexity index is 322. The Balaban J connectivity index is 1.91. The highest BCUT2D eigenvalue weighted by Gasteiger charge is 2.00. The van der Waals surface area contributed by atoms with Crippen molar-refractivity contribution in [3.8, 4) is 0 Å². The number of rotatable bonds is 12. The normalized spacial score (nSPS) is 11.2. The van der Waals surface area contributed by atoms with Crippen molar-refractivity contribution < 1.29 is 9.47 Å². The van der Waals surface area contributed by atoms with E-state index in [1.165, 1.54) is 12.8 Å². The van der Waals surface area contributed by atoms with Crippen molar-refractivity contribution in [3.05, 3.63) is 24.3 Å². The van der Waals surface area contributed by atoms with E-state index in [-0.39, 0.29) is 0 Å². The van der Waals surface area contributed by atoms with Gasteiger partial charge in [0.2, 0.25) is 0 Å². The monoisotopic (exact) mass is 281 g/mol. The van der Waals surface area contributed by atoms with Crippen molar-refractivity contribution in [2.45, 2.75) is 32.7 Å². The fraction of sp³-hybridized carbons (Fsp3) is 0.733. The molecule has 5 heteroatoms. The minimum Gasteiger partial charge on any atom is -0.379 e. The largest absolute Gasteiger partial charge is 0.379 e. The molecule has 0 bridgehead atoms. The third-order valence-corrected chi connectivity index (χ3v) is 2.97.